The maximum atomic E-state index is 11.8. The zero-order valence-corrected chi connectivity index (χ0v) is 13.1. The van der Waals surface area contributed by atoms with Gasteiger partial charge in [-0.1, -0.05) is 0 Å². The van der Waals surface area contributed by atoms with Gasteiger partial charge in [0, 0.05) is 31.6 Å². The fraction of sp³-hybridized carbons (Fsp3) is 0.588. The number of nitrogens with zero attached hydrogens (tertiary/aromatic N) is 3. The minimum absolute atomic E-state index is 0.201. The number of hydrogen-bond donors (Lipinski definition) is 2. The summed E-state index contributed by atoms with van der Waals surface area (Å²) in [5.74, 6) is 3.29. The molecule has 4 heterocycles. The highest BCUT2D eigenvalue weighted by molar-refractivity contribution is 5.88. The van der Waals surface area contributed by atoms with Crippen LogP contribution in [-0.4, -0.2) is 40.0 Å². The van der Waals surface area contributed by atoms with Crippen molar-refractivity contribution in [1.82, 2.24) is 20.3 Å². The number of rotatable bonds is 2. The molecule has 1 aliphatic carbocycles. The summed E-state index contributed by atoms with van der Waals surface area (Å²) in [7, 11) is 0. The lowest BCUT2D eigenvalue weighted by molar-refractivity contribution is -0.121. The minimum Gasteiger partial charge on any atom is -0.354 e. The van der Waals surface area contributed by atoms with Crippen molar-refractivity contribution in [3.05, 3.63) is 18.1 Å². The normalized spacial score (nSPS) is 27.8. The summed E-state index contributed by atoms with van der Waals surface area (Å²) in [6, 6.07) is 2.33. The molecule has 120 valence electrons. The van der Waals surface area contributed by atoms with Gasteiger partial charge < -0.3 is 15.2 Å². The molecule has 2 atom stereocenters. The van der Waals surface area contributed by atoms with Crippen LogP contribution in [0.1, 0.15) is 43.8 Å². The molecule has 2 saturated heterocycles. The summed E-state index contributed by atoms with van der Waals surface area (Å²) in [5, 5.41) is 4.29. The molecule has 6 nitrogen and oxygen atoms in total. The first-order valence-corrected chi connectivity index (χ1v) is 8.67. The second-order valence-corrected chi connectivity index (χ2v) is 7.15. The van der Waals surface area contributed by atoms with Gasteiger partial charge in [0.15, 0.2) is 0 Å². The largest absolute Gasteiger partial charge is 0.354 e. The maximum absolute atomic E-state index is 11.8. The van der Waals surface area contributed by atoms with Gasteiger partial charge in [-0.3, -0.25) is 4.79 Å². The Morgan fingerprint density at radius 2 is 2.09 bits per heavy atom. The molecule has 23 heavy (non-hydrogen) atoms. The van der Waals surface area contributed by atoms with Crippen molar-refractivity contribution < 1.29 is 4.79 Å². The molecule has 2 aliphatic heterocycles. The van der Waals surface area contributed by atoms with E-state index in [0.717, 1.165) is 48.6 Å². The molecule has 3 fully saturated rings. The van der Waals surface area contributed by atoms with Crippen LogP contribution in [0.2, 0.25) is 0 Å². The van der Waals surface area contributed by atoms with Gasteiger partial charge in [-0.2, -0.15) is 0 Å². The highest BCUT2D eigenvalue weighted by Crippen LogP contribution is 2.40. The molecule has 1 amide bonds. The van der Waals surface area contributed by atoms with Crippen LogP contribution in [0.15, 0.2) is 12.3 Å². The molecular formula is C17H21N5O. The first-order chi connectivity index (χ1) is 11.3. The predicted molar refractivity (Wildman–Crippen MR) is 87.3 cm³/mol. The van der Waals surface area contributed by atoms with E-state index in [4.69, 9.17) is 4.98 Å². The number of fused-ring (bicyclic) bond motifs is 2. The number of aromatic nitrogens is 3. The Balaban J connectivity index is 1.51. The van der Waals surface area contributed by atoms with Gasteiger partial charge >= 0.3 is 0 Å². The van der Waals surface area contributed by atoms with Crippen LogP contribution in [0, 0.1) is 5.92 Å². The lowest BCUT2D eigenvalue weighted by Crippen LogP contribution is -2.38. The third kappa shape index (κ3) is 2.28. The van der Waals surface area contributed by atoms with Crippen LogP contribution in [-0.2, 0) is 4.79 Å². The van der Waals surface area contributed by atoms with E-state index in [-0.39, 0.29) is 11.9 Å². The lowest BCUT2D eigenvalue weighted by atomic mass is 9.99. The first kappa shape index (κ1) is 13.3. The zero-order chi connectivity index (χ0) is 15.4. The van der Waals surface area contributed by atoms with E-state index in [0.29, 0.717) is 18.3 Å². The topological polar surface area (TPSA) is 73.9 Å². The SMILES string of the molecule is O=C1CCCC2CN(c3nc(C4CC4)nc4[nH]ccc34)CC2N1. The Labute approximate surface area is 134 Å². The molecule has 6 heteroatoms. The number of H-pyrrole nitrogens is 1. The molecule has 2 aromatic heterocycles. The van der Waals surface area contributed by atoms with Crippen LogP contribution in [0.25, 0.3) is 11.0 Å². The molecule has 2 N–H and O–H groups in total. The minimum atomic E-state index is 0.201. The Hall–Kier alpha value is -2.11. The Morgan fingerprint density at radius 3 is 2.96 bits per heavy atom. The van der Waals surface area contributed by atoms with Gasteiger partial charge in [0.05, 0.1) is 11.4 Å². The highest BCUT2D eigenvalue weighted by atomic mass is 16.1. The number of nitrogens with one attached hydrogen (secondary N) is 2. The van der Waals surface area contributed by atoms with E-state index in [1.807, 2.05) is 6.20 Å². The summed E-state index contributed by atoms with van der Waals surface area (Å²) >= 11 is 0. The van der Waals surface area contributed by atoms with Gasteiger partial charge in [-0.05, 0) is 37.7 Å². The molecular weight excluding hydrogens is 290 g/mol. The quantitative estimate of drug-likeness (QED) is 0.889. The fourth-order valence-electron chi connectivity index (χ4n) is 4.01. The molecule has 2 aromatic rings. The van der Waals surface area contributed by atoms with Crippen LogP contribution >= 0.6 is 0 Å². The summed E-state index contributed by atoms with van der Waals surface area (Å²) in [6.45, 7) is 1.84. The van der Waals surface area contributed by atoms with Crippen LogP contribution in [0.4, 0.5) is 5.82 Å². The first-order valence-electron chi connectivity index (χ1n) is 8.67. The lowest BCUT2D eigenvalue weighted by Gasteiger charge is -2.19. The Bertz CT molecular complexity index is 765. The van der Waals surface area contributed by atoms with E-state index < -0.39 is 0 Å². The summed E-state index contributed by atoms with van der Waals surface area (Å²) in [6.07, 6.45) is 7.14. The molecule has 0 bridgehead atoms. The predicted octanol–water partition coefficient (Wildman–Crippen LogP) is 1.94. The van der Waals surface area contributed by atoms with E-state index in [1.54, 1.807) is 0 Å². The van der Waals surface area contributed by atoms with Crippen LogP contribution < -0.4 is 10.2 Å². The van der Waals surface area contributed by atoms with Crippen molar-refractivity contribution in [3.8, 4) is 0 Å². The van der Waals surface area contributed by atoms with Gasteiger partial charge in [0.1, 0.15) is 17.3 Å². The smallest absolute Gasteiger partial charge is 0.220 e. The molecule has 1 saturated carbocycles. The van der Waals surface area contributed by atoms with Crippen molar-refractivity contribution in [3.63, 3.8) is 0 Å². The standard InChI is InChI=1S/C17H21N5O/c23-14-3-1-2-11-8-22(9-13(11)19-14)17-12-6-7-18-16(12)20-15(21-17)10-4-5-10/h6-7,10-11,13H,1-5,8-9H2,(H,19,23)(H,18,20,21). The van der Waals surface area contributed by atoms with Crippen molar-refractivity contribution in [2.24, 2.45) is 5.92 Å². The Kier molecular flexibility index (Phi) is 2.87. The van der Waals surface area contributed by atoms with E-state index in [9.17, 15) is 4.79 Å². The molecule has 2 unspecified atom stereocenters. The molecule has 5 rings (SSSR count). The second-order valence-electron chi connectivity index (χ2n) is 7.15. The number of anilines is 1. The molecule has 3 aliphatic rings. The fourth-order valence-corrected chi connectivity index (χ4v) is 4.01. The van der Waals surface area contributed by atoms with Gasteiger partial charge in [0.2, 0.25) is 5.91 Å². The van der Waals surface area contributed by atoms with Gasteiger partial charge in [0.25, 0.3) is 0 Å². The average Bonchev–Trinajstić information content (AvgIpc) is 3.21. The van der Waals surface area contributed by atoms with E-state index in [1.165, 1.54) is 12.8 Å². The third-order valence-corrected chi connectivity index (χ3v) is 5.42. The van der Waals surface area contributed by atoms with Crippen molar-refractivity contribution in [1.29, 1.82) is 0 Å². The number of amides is 1. The average molecular weight is 311 g/mol. The Morgan fingerprint density at radius 1 is 1.17 bits per heavy atom. The monoisotopic (exact) mass is 311 g/mol. The number of carbonyl (C=O) groups excluding carboxylic acids is 1. The molecule has 0 radical (unpaired) electrons. The number of aromatic amines is 1. The molecule has 0 aromatic carbocycles. The third-order valence-electron chi connectivity index (χ3n) is 5.42. The highest BCUT2D eigenvalue weighted by Gasteiger charge is 2.37. The number of hydrogen-bond acceptors (Lipinski definition) is 4. The second kappa shape index (κ2) is 4.94. The molecule has 0 spiro atoms. The van der Waals surface area contributed by atoms with Crippen molar-refractivity contribution in [2.75, 3.05) is 18.0 Å². The summed E-state index contributed by atoms with van der Waals surface area (Å²) in [4.78, 5) is 27.0. The summed E-state index contributed by atoms with van der Waals surface area (Å²) in [5.41, 5.74) is 0.938. The van der Waals surface area contributed by atoms with Crippen LogP contribution in [0.5, 0.6) is 0 Å². The van der Waals surface area contributed by atoms with Crippen molar-refractivity contribution >= 4 is 22.8 Å². The zero-order valence-electron chi connectivity index (χ0n) is 13.1. The van der Waals surface area contributed by atoms with Gasteiger partial charge in [-0.25, -0.2) is 9.97 Å². The van der Waals surface area contributed by atoms with Crippen LogP contribution in [0.3, 0.4) is 0 Å². The maximum Gasteiger partial charge on any atom is 0.220 e. The van der Waals surface area contributed by atoms with Crippen molar-refractivity contribution in [2.45, 2.75) is 44.1 Å². The van der Waals surface area contributed by atoms with E-state index >= 15 is 0 Å². The number of carbonyl (C=O) groups is 1. The van der Waals surface area contributed by atoms with E-state index in [2.05, 4.69) is 26.3 Å². The summed E-state index contributed by atoms with van der Waals surface area (Å²) < 4.78 is 0. The van der Waals surface area contributed by atoms with Gasteiger partial charge in [-0.15, -0.1) is 0 Å².